The highest BCUT2D eigenvalue weighted by atomic mass is 16.6. The first-order valence-electron chi connectivity index (χ1n) is 6.79. The number of alkyl carbamates (subject to hydrolysis) is 1. The number of hydrogen-bond acceptors (Lipinski definition) is 4. The number of nitrogens with zero attached hydrogens (tertiary/aromatic N) is 3. The van der Waals surface area contributed by atoms with Crippen molar-refractivity contribution in [2.24, 2.45) is 0 Å². The molecular weight excluding hydrogens is 268 g/mol. The molecule has 0 saturated heterocycles. The number of carbonyl (C=O) groups excluding carboxylic acids is 1. The van der Waals surface area contributed by atoms with E-state index in [2.05, 4.69) is 15.3 Å². The van der Waals surface area contributed by atoms with Gasteiger partial charge in [0.2, 0.25) is 0 Å². The van der Waals surface area contributed by atoms with Gasteiger partial charge in [0.25, 0.3) is 0 Å². The van der Waals surface area contributed by atoms with Gasteiger partial charge in [-0.2, -0.15) is 0 Å². The van der Waals surface area contributed by atoms with E-state index in [1.807, 2.05) is 44.4 Å². The van der Waals surface area contributed by atoms with Crippen LogP contribution in [0.2, 0.25) is 0 Å². The fraction of sp³-hybridized carbons (Fsp3) is 0.400. The van der Waals surface area contributed by atoms with Crippen LogP contribution in [0, 0.1) is 0 Å². The molecule has 0 aliphatic heterocycles. The first-order valence-corrected chi connectivity index (χ1v) is 6.79. The number of ether oxygens (including phenoxy) is 1. The van der Waals surface area contributed by atoms with E-state index < -0.39 is 11.7 Å². The van der Waals surface area contributed by atoms with Crippen LogP contribution in [-0.2, 0) is 4.74 Å². The second-order valence-corrected chi connectivity index (χ2v) is 5.76. The van der Waals surface area contributed by atoms with Gasteiger partial charge < -0.3 is 14.6 Å². The molecule has 0 spiro atoms. The number of carbonyl (C=O) groups is 1. The third kappa shape index (κ3) is 4.05. The van der Waals surface area contributed by atoms with Crippen LogP contribution in [0.1, 0.15) is 39.4 Å². The summed E-state index contributed by atoms with van der Waals surface area (Å²) in [6, 6.07) is 3.53. The lowest BCUT2D eigenvalue weighted by Gasteiger charge is -2.22. The van der Waals surface area contributed by atoms with E-state index in [1.54, 1.807) is 24.9 Å². The normalized spacial score (nSPS) is 12.8. The van der Waals surface area contributed by atoms with Crippen molar-refractivity contribution >= 4 is 6.09 Å². The molecule has 0 saturated carbocycles. The molecule has 0 aliphatic rings. The number of nitrogens with one attached hydrogen (secondary N) is 1. The average molecular weight is 288 g/mol. The zero-order valence-electron chi connectivity index (χ0n) is 12.7. The van der Waals surface area contributed by atoms with E-state index in [0.717, 1.165) is 11.4 Å². The SMILES string of the molecule is C[C@@H](NC(=O)OC(C)(C)C)c1cncn1-c1ccncc1. The summed E-state index contributed by atoms with van der Waals surface area (Å²) in [6.07, 6.45) is 6.41. The van der Waals surface area contributed by atoms with Crippen LogP contribution in [0.15, 0.2) is 37.1 Å². The summed E-state index contributed by atoms with van der Waals surface area (Å²) in [5.41, 5.74) is 1.29. The minimum absolute atomic E-state index is 0.226. The Morgan fingerprint density at radius 1 is 1.29 bits per heavy atom. The van der Waals surface area contributed by atoms with Gasteiger partial charge in [0.05, 0.1) is 24.3 Å². The van der Waals surface area contributed by atoms with E-state index in [-0.39, 0.29) is 6.04 Å². The molecule has 1 N–H and O–H groups in total. The maximum Gasteiger partial charge on any atom is 0.408 e. The molecule has 6 nitrogen and oxygen atoms in total. The van der Waals surface area contributed by atoms with Crippen LogP contribution in [-0.4, -0.2) is 26.2 Å². The average Bonchev–Trinajstić information content (AvgIpc) is 2.86. The molecule has 2 aromatic heterocycles. The minimum atomic E-state index is -0.519. The van der Waals surface area contributed by atoms with Gasteiger partial charge in [-0.1, -0.05) is 0 Å². The molecule has 0 fully saturated rings. The lowest BCUT2D eigenvalue weighted by atomic mass is 10.2. The van der Waals surface area contributed by atoms with E-state index in [4.69, 9.17) is 4.74 Å². The quantitative estimate of drug-likeness (QED) is 0.943. The number of amides is 1. The van der Waals surface area contributed by atoms with Crippen LogP contribution in [0.3, 0.4) is 0 Å². The highest BCUT2D eigenvalue weighted by Gasteiger charge is 2.20. The fourth-order valence-electron chi connectivity index (χ4n) is 1.90. The molecule has 0 aliphatic carbocycles. The summed E-state index contributed by atoms with van der Waals surface area (Å²) in [6.45, 7) is 7.38. The third-order valence-electron chi connectivity index (χ3n) is 2.78. The van der Waals surface area contributed by atoms with Crippen LogP contribution in [0.25, 0.3) is 5.69 Å². The van der Waals surface area contributed by atoms with Gasteiger partial charge in [0, 0.05) is 18.1 Å². The number of rotatable bonds is 3. The number of imidazole rings is 1. The fourth-order valence-corrected chi connectivity index (χ4v) is 1.90. The van der Waals surface area contributed by atoms with Crippen LogP contribution >= 0.6 is 0 Å². The monoisotopic (exact) mass is 288 g/mol. The minimum Gasteiger partial charge on any atom is -0.444 e. The van der Waals surface area contributed by atoms with Crippen molar-refractivity contribution in [1.29, 1.82) is 0 Å². The molecule has 1 amide bonds. The summed E-state index contributed by atoms with van der Waals surface area (Å²) >= 11 is 0. The highest BCUT2D eigenvalue weighted by Crippen LogP contribution is 2.17. The van der Waals surface area contributed by atoms with E-state index >= 15 is 0 Å². The van der Waals surface area contributed by atoms with Gasteiger partial charge in [-0.15, -0.1) is 0 Å². The highest BCUT2D eigenvalue weighted by molar-refractivity contribution is 5.68. The van der Waals surface area contributed by atoms with Crippen molar-refractivity contribution < 1.29 is 9.53 Å². The second kappa shape index (κ2) is 5.95. The van der Waals surface area contributed by atoms with Gasteiger partial charge in [0.1, 0.15) is 5.60 Å². The van der Waals surface area contributed by atoms with Gasteiger partial charge in [-0.25, -0.2) is 9.78 Å². The van der Waals surface area contributed by atoms with Crippen molar-refractivity contribution in [3.05, 3.63) is 42.7 Å². The lowest BCUT2D eigenvalue weighted by Crippen LogP contribution is -2.34. The predicted octanol–water partition coefficient (Wildman–Crippen LogP) is 2.85. The zero-order chi connectivity index (χ0) is 15.5. The number of aromatic nitrogens is 3. The summed E-state index contributed by atoms with van der Waals surface area (Å²) in [5.74, 6) is 0. The summed E-state index contributed by atoms with van der Waals surface area (Å²) in [7, 11) is 0. The first kappa shape index (κ1) is 15.0. The number of pyridine rings is 1. The molecule has 0 radical (unpaired) electrons. The molecule has 2 heterocycles. The Bertz CT molecular complexity index is 602. The van der Waals surface area contributed by atoms with E-state index in [0.29, 0.717) is 0 Å². The molecule has 112 valence electrons. The Kier molecular flexibility index (Phi) is 4.26. The Morgan fingerprint density at radius 3 is 2.57 bits per heavy atom. The van der Waals surface area contributed by atoms with Crippen LogP contribution in [0.4, 0.5) is 4.79 Å². The van der Waals surface area contributed by atoms with Crippen molar-refractivity contribution in [2.75, 3.05) is 0 Å². The Balaban J connectivity index is 2.13. The maximum absolute atomic E-state index is 11.8. The first-order chi connectivity index (χ1) is 9.87. The molecule has 0 bridgehead atoms. The topological polar surface area (TPSA) is 69.0 Å². The third-order valence-corrected chi connectivity index (χ3v) is 2.78. The summed E-state index contributed by atoms with van der Waals surface area (Å²) in [4.78, 5) is 20.0. The molecular formula is C15H20N4O2. The predicted molar refractivity (Wildman–Crippen MR) is 79.1 cm³/mol. The summed E-state index contributed by atoms with van der Waals surface area (Å²) < 4.78 is 7.17. The smallest absolute Gasteiger partial charge is 0.408 e. The zero-order valence-corrected chi connectivity index (χ0v) is 12.7. The molecule has 2 aromatic rings. The van der Waals surface area contributed by atoms with Crippen molar-refractivity contribution in [3.8, 4) is 5.69 Å². The molecule has 6 heteroatoms. The standard InChI is InChI=1S/C15H20N4O2/c1-11(18-14(20)21-15(2,3)4)13-9-17-10-19(13)12-5-7-16-8-6-12/h5-11H,1-4H3,(H,18,20)/t11-/m1/s1. The molecule has 21 heavy (non-hydrogen) atoms. The number of hydrogen-bond donors (Lipinski definition) is 1. The van der Waals surface area contributed by atoms with Gasteiger partial charge in [-0.3, -0.25) is 4.98 Å². The molecule has 2 rings (SSSR count). The second-order valence-electron chi connectivity index (χ2n) is 5.76. The largest absolute Gasteiger partial charge is 0.444 e. The Labute approximate surface area is 124 Å². The lowest BCUT2D eigenvalue weighted by molar-refractivity contribution is 0.0506. The van der Waals surface area contributed by atoms with Gasteiger partial charge >= 0.3 is 6.09 Å². The maximum atomic E-state index is 11.8. The molecule has 0 aromatic carbocycles. The van der Waals surface area contributed by atoms with Crippen LogP contribution < -0.4 is 5.32 Å². The molecule has 0 unspecified atom stereocenters. The van der Waals surface area contributed by atoms with Crippen molar-refractivity contribution in [2.45, 2.75) is 39.3 Å². The van der Waals surface area contributed by atoms with Crippen molar-refractivity contribution in [3.63, 3.8) is 0 Å². The summed E-state index contributed by atoms with van der Waals surface area (Å²) in [5, 5.41) is 2.81. The Hall–Kier alpha value is -2.37. The van der Waals surface area contributed by atoms with Crippen LogP contribution in [0.5, 0.6) is 0 Å². The molecule has 1 atom stereocenters. The van der Waals surface area contributed by atoms with Gasteiger partial charge in [0.15, 0.2) is 0 Å². The Morgan fingerprint density at radius 2 is 1.95 bits per heavy atom. The van der Waals surface area contributed by atoms with E-state index in [9.17, 15) is 4.79 Å². The van der Waals surface area contributed by atoms with Gasteiger partial charge in [-0.05, 0) is 39.8 Å². The van der Waals surface area contributed by atoms with E-state index in [1.165, 1.54) is 0 Å². The van der Waals surface area contributed by atoms with Crippen molar-refractivity contribution in [1.82, 2.24) is 19.9 Å².